The minimum Gasteiger partial charge on any atom is -0.481 e. The van der Waals surface area contributed by atoms with Crippen LogP contribution in [0.3, 0.4) is 0 Å². The number of rotatable bonds is 9. The Morgan fingerprint density at radius 1 is 1.12 bits per heavy atom. The van der Waals surface area contributed by atoms with Crippen molar-refractivity contribution in [2.24, 2.45) is 0 Å². The van der Waals surface area contributed by atoms with Gasteiger partial charge in [0.15, 0.2) is 0 Å². The lowest BCUT2D eigenvalue weighted by Gasteiger charge is -2.06. The van der Waals surface area contributed by atoms with Gasteiger partial charge in [-0.3, -0.25) is 0 Å². The molecule has 96 valence electrons. The summed E-state index contributed by atoms with van der Waals surface area (Å²) in [4.78, 5) is 8.10. The normalized spacial score (nSPS) is 10.2. The lowest BCUT2D eigenvalue weighted by atomic mass is 10.1. The zero-order valence-electron chi connectivity index (χ0n) is 10.9. The van der Waals surface area contributed by atoms with E-state index in [2.05, 4.69) is 22.2 Å². The van der Waals surface area contributed by atoms with Crippen LogP contribution in [0.2, 0.25) is 0 Å². The molecule has 4 heteroatoms. The molecule has 0 amide bonds. The quantitative estimate of drug-likeness (QED) is 0.670. The van der Waals surface area contributed by atoms with E-state index >= 15 is 0 Å². The molecule has 0 radical (unpaired) electrons. The molecule has 0 aliphatic heterocycles. The van der Waals surface area contributed by atoms with Crippen molar-refractivity contribution in [3.05, 3.63) is 12.4 Å². The molecule has 0 atom stereocenters. The number of unbranched alkanes of at least 4 members (excludes halogenated alkanes) is 5. The van der Waals surface area contributed by atoms with Gasteiger partial charge in [-0.2, -0.15) is 0 Å². The van der Waals surface area contributed by atoms with Gasteiger partial charge in [0, 0.05) is 12.6 Å². The standard InChI is InChI=1S/C13H23N3O/c1-3-4-5-6-7-8-9-14-12-10-13(17-2)16-11-15-12/h10-11H,3-9H2,1-2H3,(H,14,15,16). The van der Waals surface area contributed by atoms with Gasteiger partial charge >= 0.3 is 0 Å². The fraction of sp³-hybridized carbons (Fsp3) is 0.692. The molecular weight excluding hydrogens is 214 g/mol. The van der Waals surface area contributed by atoms with Gasteiger partial charge < -0.3 is 10.1 Å². The Bertz CT molecular complexity index is 304. The van der Waals surface area contributed by atoms with E-state index in [1.54, 1.807) is 7.11 Å². The molecule has 0 bridgehead atoms. The van der Waals surface area contributed by atoms with Gasteiger partial charge in [0.05, 0.1) is 7.11 Å². The maximum atomic E-state index is 5.04. The third-order valence-electron chi connectivity index (χ3n) is 2.69. The van der Waals surface area contributed by atoms with Gasteiger partial charge in [-0.05, 0) is 6.42 Å². The average molecular weight is 237 g/mol. The molecule has 17 heavy (non-hydrogen) atoms. The van der Waals surface area contributed by atoms with Crippen molar-refractivity contribution in [1.29, 1.82) is 0 Å². The maximum Gasteiger partial charge on any atom is 0.218 e. The number of anilines is 1. The van der Waals surface area contributed by atoms with Gasteiger partial charge in [0.2, 0.25) is 5.88 Å². The summed E-state index contributed by atoms with van der Waals surface area (Å²) in [6.07, 6.45) is 9.35. The van der Waals surface area contributed by atoms with Crippen LogP contribution in [0.25, 0.3) is 0 Å². The minimum absolute atomic E-state index is 0.602. The highest BCUT2D eigenvalue weighted by molar-refractivity contribution is 5.36. The van der Waals surface area contributed by atoms with Crippen LogP contribution in [0.1, 0.15) is 45.4 Å². The lowest BCUT2D eigenvalue weighted by molar-refractivity contribution is 0.397. The Morgan fingerprint density at radius 3 is 2.65 bits per heavy atom. The molecule has 0 aromatic carbocycles. The van der Waals surface area contributed by atoms with E-state index in [4.69, 9.17) is 4.74 Å². The third kappa shape index (κ3) is 6.09. The summed E-state index contributed by atoms with van der Waals surface area (Å²) in [6.45, 7) is 3.20. The number of hydrogen-bond acceptors (Lipinski definition) is 4. The molecule has 0 spiro atoms. The highest BCUT2D eigenvalue weighted by Gasteiger charge is 1.97. The van der Waals surface area contributed by atoms with Gasteiger partial charge in [-0.1, -0.05) is 39.0 Å². The molecule has 1 heterocycles. The monoisotopic (exact) mass is 237 g/mol. The second kappa shape index (κ2) is 8.79. The number of nitrogens with zero attached hydrogens (tertiary/aromatic N) is 2. The number of aromatic nitrogens is 2. The summed E-state index contributed by atoms with van der Waals surface area (Å²) in [5, 5.41) is 3.28. The van der Waals surface area contributed by atoms with Crippen LogP contribution in [-0.2, 0) is 0 Å². The van der Waals surface area contributed by atoms with Crippen LogP contribution in [0.4, 0.5) is 5.82 Å². The highest BCUT2D eigenvalue weighted by atomic mass is 16.5. The number of ether oxygens (including phenoxy) is 1. The third-order valence-corrected chi connectivity index (χ3v) is 2.69. The zero-order chi connectivity index (χ0) is 12.3. The Labute approximate surface area is 104 Å². The van der Waals surface area contributed by atoms with E-state index in [0.717, 1.165) is 12.4 Å². The second-order valence-electron chi connectivity index (χ2n) is 4.14. The van der Waals surface area contributed by atoms with Crippen LogP contribution in [0, 0.1) is 0 Å². The second-order valence-corrected chi connectivity index (χ2v) is 4.14. The molecule has 1 aromatic rings. The molecule has 0 fully saturated rings. The smallest absolute Gasteiger partial charge is 0.218 e. The van der Waals surface area contributed by atoms with Crippen molar-refractivity contribution >= 4 is 5.82 Å². The van der Waals surface area contributed by atoms with Crippen molar-refractivity contribution in [2.45, 2.75) is 45.4 Å². The molecule has 0 saturated heterocycles. The SMILES string of the molecule is CCCCCCCCNc1cc(OC)ncn1. The van der Waals surface area contributed by atoms with Gasteiger partial charge in [-0.25, -0.2) is 9.97 Å². The van der Waals surface area contributed by atoms with E-state index in [9.17, 15) is 0 Å². The average Bonchev–Trinajstić information content (AvgIpc) is 2.38. The molecule has 1 N–H and O–H groups in total. The first-order chi connectivity index (χ1) is 8.36. The summed E-state index contributed by atoms with van der Waals surface area (Å²) in [7, 11) is 1.61. The molecule has 0 aliphatic rings. The first-order valence-electron chi connectivity index (χ1n) is 6.46. The molecule has 1 rings (SSSR count). The largest absolute Gasteiger partial charge is 0.481 e. The van der Waals surface area contributed by atoms with Crippen molar-refractivity contribution < 1.29 is 4.74 Å². The van der Waals surface area contributed by atoms with Crippen molar-refractivity contribution in [1.82, 2.24) is 9.97 Å². The highest BCUT2D eigenvalue weighted by Crippen LogP contribution is 2.10. The summed E-state index contributed by atoms with van der Waals surface area (Å²) < 4.78 is 5.04. The fourth-order valence-corrected chi connectivity index (χ4v) is 1.67. The van der Waals surface area contributed by atoms with Gasteiger partial charge in [0.1, 0.15) is 12.1 Å². The molecule has 0 aliphatic carbocycles. The maximum absolute atomic E-state index is 5.04. The summed E-state index contributed by atoms with van der Waals surface area (Å²) in [6, 6.07) is 1.82. The Kier molecular flexibility index (Phi) is 7.11. The summed E-state index contributed by atoms with van der Waals surface area (Å²) in [5.74, 6) is 1.44. The van der Waals surface area contributed by atoms with E-state index in [-0.39, 0.29) is 0 Å². The van der Waals surface area contributed by atoms with Crippen molar-refractivity contribution in [2.75, 3.05) is 19.0 Å². The molecule has 0 unspecified atom stereocenters. The molecule has 4 nitrogen and oxygen atoms in total. The van der Waals surface area contributed by atoms with Crippen LogP contribution in [0.5, 0.6) is 5.88 Å². The summed E-state index contributed by atoms with van der Waals surface area (Å²) >= 11 is 0. The minimum atomic E-state index is 0.602. The Hall–Kier alpha value is -1.32. The number of methoxy groups -OCH3 is 1. The number of nitrogens with one attached hydrogen (secondary N) is 1. The topological polar surface area (TPSA) is 47.0 Å². The van der Waals surface area contributed by atoms with Crippen LogP contribution >= 0.6 is 0 Å². The van der Waals surface area contributed by atoms with E-state index in [0.29, 0.717) is 5.88 Å². The Balaban J connectivity index is 2.09. The predicted molar refractivity (Wildman–Crippen MR) is 70.4 cm³/mol. The molecule has 1 aromatic heterocycles. The number of hydrogen-bond donors (Lipinski definition) is 1. The van der Waals surface area contributed by atoms with Crippen molar-refractivity contribution in [3.63, 3.8) is 0 Å². The van der Waals surface area contributed by atoms with Gasteiger partial charge in [0.25, 0.3) is 0 Å². The van der Waals surface area contributed by atoms with E-state index in [1.165, 1.54) is 44.9 Å². The van der Waals surface area contributed by atoms with Gasteiger partial charge in [-0.15, -0.1) is 0 Å². The van der Waals surface area contributed by atoms with Crippen molar-refractivity contribution in [3.8, 4) is 5.88 Å². The fourth-order valence-electron chi connectivity index (χ4n) is 1.67. The van der Waals surface area contributed by atoms with Crippen LogP contribution in [-0.4, -0.2) is 23.6 Å². The first-order valence-corrected chi connectivity index (χ1v) is 6.46. The van der Waals surface area contributed by atoms with E-state index in [1.807, 2.05) is 6.07 Å². The molecular formula is C13H23N3O. The lowest BCUT2D eigenvalue weighted by Crippen LogP contribution is -2.03. The zero-order valence-corrected chi connectivity index (χ0v) is 10.9. The first kappa shape index (κ1) is 13.7. The van der Waals surface area contributed by atoms with E-state index < -0.39 is 0 Å². The van der Waals surface area contributed by atoms with Crippen LogP contribution in [0.15, 0.2) is 12.4 Å². The summed E-state index contributed by atoms with van der Waals surface area (Å²) in [5.41, 5.74) is 0. The predicted octanol–water partition coefficient (Wildman–Crippen LogP) is 3.26. The molecule has 0 saturated carbocycles. The Morgan fingerprint density at radius 2 is 1.88 bits per heavy atom. The van der Waals surface area contributed by atoms with Crippen LogP contribution < -0.4 is 10.1 Å².